The molecule has 3 aromatic rings. The Kier molecular flexibility index (Phi) is 2.02. The number of anilines is 1. The molecule has 0 radical (unpaired) electrons. The van der Waals surface area contributed by atoms with Gasteiger partial charge in [0.2, 0.25) is 0 Å². The maximum Gasteiger partial charge on any atom is 0.152 e. The highest BCUT2D eigenvalue weighted by molar-refractivity contribution is 6.06. The molecule has 3 rings (SSSR count). The summed E-state index contributed by atoms with van der Waals surface area (Å²) in [4.78, 5) is 8.50. The standard InChI is InChI=1S/C12H12N4O/c1-7(17)16-6-14-10-11(16)8-4-2-3-5-9(8)15-12(10)13/h2-7,17H,1H3,(H2,13,15). The number of nitrogens with zero attached hydrogens (tertiary/aromatic N) is 3. The second kappa shape index (κ2) is 3.43. The van der Waals surface area contributed by atoms with Gasteiger partial charge in [-0.15, -0.1) is 0 Å². The lowest BCUT2D eigenvalue weighted by Gasteiger charge is -2.09. The number of para-hydroxylation sites is 1. The zero-order chi connectivity index (χ0) is 12.0. The van der Waals surface area contributed by atoms with Gasteiger partial charge in [0.1, 0.15) is 11.7 Å². The van der Waals surface area contributed by atoms with Crippen molar-refractivity contribution in [2.45, 2.75) is 13.2 Å². The number of nitrogens with two attached hydrogens (primary N) is 1. The first-order chi connectivity index (χ1) is 8.18. The van der Waals surface area contributed by atoms with E-state index in [1.807, 2.05) is 24.3 Å². The van der Waals surface area contributed by atoms with Crippen LogP contribution in [0.5, 0.6) is 0 Å². The molecular formula is C12H12N4O. The lowest BCUT2D eigenvalue weighted by molar-refractivity contribution is 0.129. The third kappa shape index (κ3) is 1.36. The summed E-state index contributed by atoms with van der Waals surface area (Å²) in [5, 5.41) is 10.7. The number of hydrogen-bond acceptors (Lipinski definition) is 4. The minimum Gasteiger partial charge on any atom is -0.382 e. The van der Waals surface area contributed by atoms with Gasteiger partial charge >= 0.3 is 0 Å². The topological polar surface area (TPSA) is 77.0 Å². The van der Waals surface area contributed by atoms with Crippen LogP contribution in [-0.4, -0.2) is 19.6 Å². The Labute approximate surface area is 97.5 Å². The van der Waals surface area contributed by atoms with Crippen molar-refractivity contribution in [1.29, 1.82) is 0 Å². The van der Waals surface area contributed by atoms with E-state index in [4.69, 9.17) is 5.73 Å². The van der Waals surface area contributed by atoms with Crippen molar-refractivity contribution in [3.63, 3.8) is 0 Å². The van der Waals surface area contributed by atoms with Crippen LogP contribution in [0.1, 0.15) is 13.2 Å². The van der Waals surface area contributed by atoms with Crippen LogP contribution in [-0.2, 0) is 0 Å². The summed E-state index contributed by atoms with van der Waals surface area (Å²) >= 11 is 0. The van der Waals surface area contributed by atoms with E-state index in [2.05, 4.69) is 9.97 Å². The van der Waals surface area contributed by atoms with Crippen LogP contribution in [0.25, 0.3) is 21.9 Å². The number of rotatable bonds is 1. The molecule has 0 saturated carbocycles. The van der Waals surface area contributed by atoms with Crippen LogP contribution in [0, 0.1) is 0 Å². The summed E-state index contributed by atoms with van der Waals surface area (Å²) in [6.07, 6.45) is 0.935. The van der Waals surface area contributed by atoms with E-state index in [1.54, 1.807) is 17.8 Å². The second-order valence-corrected chi connectivity index (χ2v) is 4.00. The molecule has 2 heterocycles. The number of benzene rings is 1. The molecule has 86 valence electrons. The van der Waals surface area contributed by atoms with E-state index in [0.717, 1.165) is 16.4 Å². The largest absolute Gasteiger partial charge is 0.382 e. The van der Waals surface area contributed by atoms with Crippen molar-refractivity contribution in [2.75, 3.05) is 5.73 Å². The van der Waals surface area contributed by atoms with Gasteiger partial charge in [0.25, 0.3) is 0 Å². The zero-order valence-electron chi connectivity index (χ0n) is 9.33. The van der Waals surface area contributed by atoms with E-state index >= 15 is 0 Å². The Morgan fingerprint density at radius 3 is 2.88 bits per heavy atom. The molecule has 1 unspecified atom stereocenters. The maximum atomic E-state index is 9.72. The number of aliphatic hydroxyl groups excluding tert-OH is 1. The number of hydrogen-bond donors (Lipinski definition) is 2. The van der Waals surface area contributed by atoms with Crippen molar-refractivity contribution >= 4 is 27.8 Å². The summed E-state index contributed by atoms with van der Waals surface area (Å²) in [7, 11) is 0. The van der Waals surface area contributed by atoms with E-state index in [-0.39, 0.29) is 0 Å². The molecule has 0 aliphatic carbocycles. The van der Waals surface area contributed by atoms with Crippen molar-refractivity contribution in [3.8, 4) is 0 Å². The first kappa shape index (κ1) is 10.0. The lowest BCUT2D eigenvalue weighted by atomic mass is 10.2. The van der Waals surface area contributed by atoms with Crippen LogP contribution >= 0.6 is 0 Å². The van der Waals surface area contributed by atoms with Crippen molar-refractivity contribution in [3.05, 3.63) is 30.6 Å². The van der Waals surface area contributed by atoms with E-state index in [1.165, 1.54) is 0 Å². The van der Waals surface area contributed by atoms with Crippen molar-refractivity contribution in [1.82, 2.24) is 14.5 Å². The Bertz CT molecular complexity index is 702. The molecule has 5 heteroatoms. The fraction of sp³-hybridized carbons (Fsp3) is 0.167. The Morgan fingerprint density at radius 1 is 1.35 bits per heavy atom. The average Bonchev–Trinajstić information content (AvgIpc) is 2.74. The van der Waals surface area contributed by atoms with Crippen LogP contribution in [0.15, 0.2) is 30.6 Å². The SMILES string of the molecule is CC(O)n1cnc2c(N)nc3ccccc3c21. The highest BCUT2D eigenvalue weighted by atomic mass is 16.3. The number of pyridine rings is 1. The van der Waals surface area contributed by atoms with Gasteiger partial charge < -0.3 is 15.4 Å². The van der Waals surface area contributed by atoms with Crippen LogP contribution in [0.3, 0.4) is 0 Å². The average molecular weight is 228 g/mol. The quantitative estimate of drug-likeness (QED) is 0.664. The van der Waals surface area contributed by atoms with Gasteiger partial charge in [-0.05, 0) is 13.0 Å². The van der Waals surface area contributed by atoms with Gasteiger partial charge in [0.05, 0.1) is 17.4 Å². The van der Waals surface area contributed by atoms with Gasteiger partial charge in [-0.3, -0.25) is 0 Å². The van der Waals surface area contributed by atoms with Crippen molar-refractivity contribution in [2.24, 2.45) is 0 Å². The summed E-state index contributed by atoms with van der Waals surface area (Å²) in [6, 6.07) is 7.68. The summed E-state index contributed by atoms with van der Waals surface area (Å²) in [5.74, 6) is 0.387. The fourth-order valence-corrected chi connectivity index (χ4v) is 2.05. The molecule has 2 aromatic heterocycles. The summed E-state index contributed by atoms with van der Waals surface area (Å²) < 4.78 is 1.69. The molecule has 5 nitrogen and oxygen atoms in total. The second-order valence-electron chi connectivity index (χ2n) is 4.00. The Hall–Kier alpha value is -2.14. The third-order valence-electron chi connectivity index (χ3n) is 2.84. The first-order valence-electron chi connectivity index (χ1n) is 5.37. The van der Waals surface area contributed by atoms with Crippen molar-refractivity contribution < 1.29 is 5.11 Å². The molecule has 3 N–H and O–H groups in total. The highest BCUT2D eigenvalue weighted by Gasteiger charge is 2.13. The molecule has 17 heavy (non-hydrogen) atoms. The minimum atomic E-state index is -0.648. The number of aromatic nitrogens is 3. The van der Waals surface area contributed by atoms with E-state index in [0.29, 0.717) is 11.3 Å². The first-order valence-corrected chi connectivity index (χ1v) is 5.37. The molecule has 1 aromatic carbocycles. The predicted molar refractivity (Wildman–Crippen MR) is 66.4 cm³/mol. The summed E-state index contributed by atoms with van der Waals surface area (Å²) in [5.41, 5.74) is 8.12. The fourth-order valence-electron chi connectivity index (χ4n) is 2.05. The molecule has 0 spiro atoms. The molecular weight excluding hydrogens is 216 g/mol. The van der Waals surface area contributed by atoms with Gasteiger partial charge in [-0.25, -0.2) is 9.97 Å². The lowest BCUT2D eigenvalue weighted by Crippen LogP contribution is -2.02. The van der Waals surface area contributed by atoms with Crippen LogP contribution < -0.4 is 5.73 Å². The molecule has 0 saturated heterocycles. The van der Waals surface area contributed by atoms with Gasteiger partial charge in [-0.1, -0.05) is 18.2 Å². The minimum absolute atomic E-state index is 0.387. The summed E-state index contributed by atoms with van der Waals surface area (Å²) in [6.45, 7) is 1.69. The highest BCUT2D eigenvalue weighted by Crippen LogP contribution is 2.28. The van der Waals surface area contributed by atoms with E-state index < -0.39 is 6.23 Å². The number of fused-ring (bicyclic) bond motifs is 3. The molecule has 1 atom stereocenters. The zero-order valence-corrected chi connectivity index (χ0v) is 9.33. The Balaban J connectivity index is 2.56. The molecule has 0 fully saturated rings. The molecule has 0 aliphatic rings. The van der Waals surface area contributed by atoms with Gasteiger partial charge in [0.15, 0.2) is 5.82 Å². The molecule has 0 bridgehead atoms. The number of imidazole rings is 1. The van der Waals surface area contributed by atoms with Gasteiger partial charge in [-0.2, -0.15) is 0 Å². The maximum absolute atomic E-state index is 9.72. The normalized spacial score (nSPS) is 13.3. The molecule has 0 amide bonds. The van der Waals surface area contributed by atoms with Crippen LogP contribution in [0.2, 0.25) is 0 Å². The monoisotopic (exact) mass is 228 g/mol. The number of aliphatic hydroxyl groups is 1. The number of nitrogen functional groups attached to an aromatic ring is 1. The molecule has 0 aliphatic heterocycles. The smallest absolute Gasteiger partial charge is 0.152 e. The van der Waals surface area contributed by atoms with E-state index in [9.17, 15) is 5.11 Å². The van der Waals surface area contributed by atoms with Gasteiger partial charge in [0, 0.05) is 5.39 Å². The predicted octanol–water partition coefficient (Wildman–Crippen LogP) is 1.68. The van der Waals surface area contributed by atoms with Crippen LogP contribution in [0.4, 0.5) is 5.82 Å². The Morgan fingerprint density at radius 2 is 2.12 bits per heavy atom. The third-order valence-corrected chi connectivity index (χ3v) is 2.84.